The summed E-state index contributed by atoms with van der Waals surface area (Å²) in [6, 6.07) is 9.36. The highest BCUT2D eigenvalue weighted by Crippen LogP contribution is 2.31. The molecule has 1 atom stereocenters. The smallest absolute Gasteiger partial charge is 0.248 e. The molecule has 0 bridgehead atoms. The van der Waals surface area contributed by atoms with E-state index in [1.165, 1.54) is 7.11 Å². The zero-order valence-electron chi connectivity index (χ0n) is 14.2. The third-order valence-corrected chi connectivity index (χ3v) is 4.09. The molecule has 6 nitrogen and oxygen atoms in total. The van der Waals surface area contributed by atoms with Gasteiger partial charge in [-0.25, -0.2) is 0 Å². The predicted molar refractivity (Wildman–Crippen MR) is 99.4 cm³/mol. The van der Waals surface area contributed by atoms with Gasteiger partial charge in [-0.3, -0.25) is 9.59 Å². The number of halogens is 1. The Morgan fingerprint density at radius 2 is 1.84 bits per heavy atom. The van der Waals surface area contributed by atoms with Gasteiger partial charge in [-0.1, -0.05) is 11.6 Å². The second-order valence-electron chi connectivity index (χ2n) is 5.60. The maximum atomic E-state index is 12.4. The summed E-state index contributed by atoms with van der Waals surface area (Å²) in [6.07, 6.45) is 0. The number of nitrogens with one attached hydrogen (secondary N) is 2. The molecular weight excluding hydrogens is 342 g/mol. The van der Waals surface area contributed by atoms with E-state index in [-0.39, 0.29) is 5.91 Å². The van der Waals surface area contributed by atoms with Gasteiger partial charge in [-0.05, 0) is 49.7 Å². The lowest BCUT2D eigenvalue weighted by Gasteiger charge is -2.18. The fourth-order valence-corrected chi connectivity index (χ4v) is 2.37. The van der Waals surface area contributed by atoms with Crippen LogP contribution in [0.5, 0.6) is 5.75 Å². The van der Waals surface area contributed by atoms with E-state index in [9.17, 15) is 9.59 Å². The predicted octanol–water partition coefficient (Wildman–Crippen LogP) is 3.20. The number of carbonyl (C=O) groups excluding carboxylic acids is 2. The first kappa shape index (κ1) is 18.6. The lowest BCUT2D eigenvalue weighted by molar-refractivity contribution is -0.116. The van der Waals surface area contributed by atoms with Crippen LogP contribution in [0.2, 0.25) is 5.02 Å². The van der Waals surface area contributed by atoms with Gasteiger partial charge in [0, 0.05) is 22.3 Å². The molecule has 0 heterocycles. The van der Waals surface area contributed by atoms with Crippen LogP contribution in [-0.2, 0) is 4.79 Å². The van der Waals surface area contributed by atoms with Gasteiger partial charge >= 0.3 is 0 Å². The number of benzene rings is 2. The maximum absolute atomic E-state index is 12.4. The molecule has 0 aromatic heterocycles. The first-order valence-corrected chi connectivity index (χ1v) is 8.01. The molecule has 0 aliphatic rings. The van der Waals surface area contributed by atoms with Crippen LogP contribution >= 0.6 is 11.6 Å². The Hall–Kier alpha value is -2.73. The molecule has 25 heavy (non-hydrogen) atoms. The topological polar surface area (TPSA) is 93.4 Å². The molecule has 0 saturated carbocycles. The number of amides is 2. The standard InChI is InChI=1S/C18H20ClN3O3/c1-10-8-15(16(25-3)9-14(10)19)21-11(2)18(24)22-13-6-4-12(5-7-13)17(20)23/h4-9,11,21H,1-3H3,(H2,20,23)(H,22,24)/t11-/m1/s1. The molecule has 2 amide bonds. The van der Waals surface area contributed by atoms with Crippen molar-refractivity contribution in [3.63, 3.8) is 0 Å². The number of aryl methyl sites for hydroxylation is 1. The van der Waals surface area contributed by atoms with Gasteiger partial charge in [-0.15, -0.1) is 0 Å². The van der Waals surface area contributed by atoms with Crippen molar-refractivity contribution in [1.29, 1.82) is 0 Å². The average molecular weight is 362 g/mol. The number of carbonyl (C=O) groups is 2. The average Bonchev–Trinajstić information content (AvgIpc) is 2.58. The number of methoxy groups -OCH3 is 1. The van der Waals surface area contributed by atoms with Gasteiger partial charge in [0.2, 0.25) is 11.8 Å². The monoisotopic (exact) mass is 361 g/mol. The molecular formula is C18H20ClN3O3. The highest BCUT2D eigenvalue weighted by atomic mass is 35.5. The number of nitrogens with two attached hydrogens (primary N) is 1. The van der Waals surface area contributed by atoms with Crippen molar-refractivity contribution in [2.75, 3.05) is 17.7 Å². The first-order chi connectivity index (χ1) is 11.8. The maximum Gasteiger partial charge on any atom is 0.248 e. The molecule has 0 unspecified atom stereocenters. The minimum Gasteiger partial charge on any atom is -0.495 e. The number of ether oxygens (including phenoxy) is 1. The lowest BCUT2D eigenvalue weighted by Crippen LogP contribution is -2.32. The van der Waals surface area contributed by atoms with Crippen molar-refractivity contribution >= 4 is 34.8 Å². The number of primary amides is 1. The van der Waals surface area contributed by atoms with Crippen LogP contribution in [0.3, 0.4) is 0 Å². The first-order valence-electron chi connectivity index (χ1n) is 7.63. The van der Waals surface area contributed by atoms with E-state index in [0.29, 0.717) is 27.7 Å². The Labute approximate surface area is 151 Å². The number of rotatable bonds is 6. The van der Waals surface area contributed by atoms with E-state index in [2.05, 4.69) is 10.6 Å². The van der Waals surface area contributed by atoms with Gasteiger partial charge in [0.25, 0.3) is 0 Å². The third-order valence-electron chi connectivity index (χ3n) is 3.68. The molecule has 0 radical (unpaired) electrons. The van der Waals surface area contributed by atoms with Crippen LogP contribution in [0.15, 0.2) is 36.4 Å². The molecule has 2 rings (SSSR count). The van der Waals surface area contributed by atoms with E-state index >= 15 is 0 Å². The van der Waals surface area contributed by atoms with Crippen LogP contribution < -0.4 is 21.1 Å². The SMILES string of the molecule is COc1cc(Cl)c(C)cc1N[C@H](C)C(=O)Nc1ccc(C(N)=O)cc1. The summed E-state index contributed by atoms with van der Waals surface area (Å²) in [6.45, 7) is 3.61. The molecule has 7 heteroatoms. The van der Waals surface area contributed by atoms with Gasteiger partial charge in [-0.2, -0.15) is 0 Å². The van der Waals surface area contributed by atoms with Gasteiger partial charge in [0.15, 0.2) is 0 Å². The van der Waals surface area contributed by atoms with E-state index < -0.39 is 11.9 Å². The molecule has 0 aliphatic carbocycles. The fraction of sp³-hybridized carbons (Fsp3) is 0.222. The Kier molecular flexibility index (Phi) is 5.88. The van der Waals surface area contributed by atoms with E-state index in [4.69, 9.17) is 22.1 Å². The van der Waals surface area contributed by atoms with E-state index in [1.807, 2.05) is 13.0 Å². The van der Waals surface area contributed by atoms with Crippen molar-refractivity contribution in [1.82, 2.24) is 0 Å². The van der Waals surface area contributed by atoms with Gasteiger partial charge < -0.3 is 21.1 Å². The molecule has 4 N–H and O–H groups in total. The summed E-state index contributed by atoms with van der Waals surface area (Å²) < 4.78 is 5.29. The normalized spacial score (nSPS) is 11.5. The lowest BCUT2D eigenvalue weighted by atomic mass is 10.1. The van der Waals surface area contributed by atoms with Crippen molar-refractivity contribution in [3.05, 3.63) is 52.5 Å². The summed E-state index contributed by atoms with van der Waals surface area (Å²) in [7, 11) is 1.54. The summed E-state index contributed by atoms with van der Waals surface area (Å²) in [5, 5.41) is 6.47. The minimum atomic E-state index is -0.523. The number of anilines is 2. The fourth-order valence-electron chi connectivity index (χ4n) is 2.21. The summed E-state index contributed by atoms with van der Waals surface area (Å²) in [5.41, 5.74) is 7.70. The summed E-state index contributed by atoms with van der Waals surface area (Å²) in [4.78, 5) is 23.4. The highest BCUT2D eigenvalue weighted by Gasteiger charge is 2.16. The van der Waals surface area contributed by atoms with Crippen LogP contribution in [-0.4, -0.2) is 25.0 Å². The zero-order chi connectivity index (χ0) is 18.6. The van der Waals surface area contributed by atoms with Gasteiger partial charge in [0.05, 0.1) is 12.8 Å². The van der Waals surface area contributed by atoms with Crippen LogP contribution in [0.1, 0.15) is 22.8 Å². The Morgan fingerprint density at radius 3 is 2.40 bits per heavy atom. The third kappa shape index (κ3) is 4.64. The van der Waals surface area contributed by atoms with Crippen LogP contribution in [0.25, 0.3) is 0 Å². The van der Waals surface area contributed by atoms with Gasteiger partial charge in [0.1, 0.15) is 11.8 Å². The summed E-state index contributed by atoms with van der Waals surface area (Å²) >= 11 is 6.09. The minimum absolute atomic E-state index is 0.235. The van der Waals surface area contributed by atoms with Crippen molar-refractivity contribution in [2.45, 2.75) is 19.9 Å². The second kappa shape index (κ2) is 7.90. The van der Waals surface area contributed by atoms with Crippen molar-refractivity contribution in [3.8, 4) is 5.75 Å². The van der Waals surface area contributed by atoms with E-state index in [0.717, 1.165) is 5.56 Å². The van der Waals surface area contributed by atoms with E-state index in [1.54, 1.807) is 37.3 Å². The highest BCUT2D eigenvalue weighted by molar-refractivity contribution is 6.31. The largest absolute Gasteiger partial charge is 0.495 e. The Balaban J connectivity index is 2.07. The second-order valence-corrected chi connectivity index (χ2v) is 6.01. The Bertz CT molecular complexity index is 791. The number of hydrogen-bond acceptors (Lipinski definition) is 4. The molecule has 0 aliphatic heterocycles. The zero-order valence-corrected chi connectivity index (χ0v) is 15.0. The van der Waals surface area contributed by atoms with Crippen molar-refractivity contribution in [2.24, 2.45) is 5.73 Å². The quantitative estimate of drug-likeness (QED) is 0.736. The molecule has 0 saturated heterocycles. The van der Waals surface area contributed by atoms with Crippen LogP contribution in [0, 0.1) is 6.92 Å². The molecule has 0 spiro atoms. The molecule has 0 fully saturated rings. The molecule has 2 aromatic carbocycles. The summed E-state index contributed by atoms with van der Waals surface area (Å²) in [5.74, 6) is -0.194. The van der Waals surface area contributed by atoms with Crippen molar-refractivity contribution < 1.29 is 14.3 Å². The number of hydrogen-bond donors (Lipinski definition) is 3. The molecule has 132 valence electrons. The Morgan fingerprint density at radius 1 is 1.20 bits per heavy atom. The molecule has 2 aromatic rings. The van der Waals surface area contributed by atoms with Crippen LogP contribution in [0.4, 0.5) is 11.4 Å².